The van der Waals surface area contributed by atoms with Gasteiger partial charge in [-0.2, -0.15) is 0 Å². The molecule has 0 atom stereocenters. The summed E-state index contributed by atoms with van der Waals surface area (Å²) in [6.45, 7) is 0. The van der Waals surface area contributed by atoms with E-state index in [0.29, 0.717) is 0 Å². The Balaban J connectivity index is -0.00000000450. The van der Waals surface area contributed by atoms with E-state index in [-0.39, 0.29) is 96.1 Å². The zero-order valence-corrected chi connectivity index (χ0v) is 10.6. The molecule has 4 nitrogen and oxygen atoms in total. The van der Waals surface area contributed by atoms with Crippen molar-refractivity contribution in [2.75, 3.05) is 0 Å². The minimum Gasteiger partial charge on any atom is -1.00 e. The fourth-order valence-corrected chi connectivity index (χ4v) is 0. The predicted octanol–water partition coefficient (Wildman–Crippen LogP) is -6.37. The number of rotatable bonds is 0. The molecule has 0 fully saturated rings. The molecule has 0 aliphatic carbocycles. The van der Waals surface area contributed by atoms with Crippen LogP contribution in [0.25, 0.3) is 0 Å². The average molecular weight is 222 g/mol. The summed E-state index contributed by atoms with van der Waals surface area (Å²) in [6, 6.07) is 0. The van der Waals surface area contributed by atoms with Gasteiger partial charge in [-0.3, -0.25) is 0 Å². The molecule has 0 saturated carbocycles. The average Bonchev–Trinajstić information content (AvgIpc) is 0.811. The van der Waals surface area contributed by atoms with E-state index in [4.69, 9.17) is 15.0 Å². The smallest absolute Gasteiger partial charge is 1.00 e. The molecule has 4 N–H and O–H groups in total. The van der Waals surface area contributed by atoms with E-state index in [1.807, 2.05) is 0 Å². The number of hydrogen-bond donors (Lipinski definition) is 2. The minimum absolute atomic E-state index is 0. The van der Waals surface area contributed by atoms with Crippen molar-refractivity contribution >= 4 is 6.16 Å². The van der Waals surface area contributed by atoms with Gasteiger partial charge in [-0.1, -0.05) is 0 Å². The maximum atomic E-state index is 8.56. The van der Waals surface area contributed by atoms with Crippen molar-refractivity contribution in [2.45, 2.75) is 0 Å². The summed E-state index contributed by atoms with van der Waals surface area (Å²) in [4.78, 5) is 8.56. The van der Waals surface area contributed by atoms with Crippen LogP contribution in [0, 0.1) is 0 Å². The third kappa shape index (κ3) is 77.1. The topological polar surface area (TPSA) is 89.0 Å². The molecule has 7 heavy (non-hydrogen) atoms. The van der Waals surface area contributed by atoms with Crippen molar-refractivity contribution in [1.29, 1.82) is 0 Å². The summed E-state index contributed by atoms with van der Waals surface area (Å²) >= 11 is 0. The zero-order chi connectivity index (χ0) is 3.58. The van der Waals surface area contributed by atoms with Crippen molar-refractivity contribution in [2.24, 2.45) is 0 Å². The van der Waals surface area contributed by atoms with Crippen molar-refractivity contribution in [3.63, 3.8) is 0 Å². The summed E-state index contributed by atoms with van der Waals surface area (Å²) in [6.07, 6.45) is -1.83. The summed E-state index contributed by atoms with van der Waals surface area (Å²) in [5.74, 6) is 0. The van der Waals surface area contributed by atoms with Crippen molar-refractivity contribution in [3.8, 4) is 0 Å². The van der Waals surface area contributed by atoms with Gasteiger partial charge in [-0.15, -0.1) is 0 Å². The van der Waals surface area contributed by atoms with Crippen LogP contribution in [0.2, 0.25) is 0 Å². The summed E-state index contributed by atoms with van der Waals surface area (Å²) in [5, 5.41) is 13.9. The quantitative estimate of drug-likeness (QED) is 0.399. The normalized spacial score (nSPS) is 3.43. The van der Waals surface area contributed by atoms with Gasteiger partial charge in [-0.05, 0) is 0 Å². The van der Waals surface area contributed by atoms with E-state index in [0.717, 1.165) is 0 Å². The van der Waals surface area contributed by atoms with Crippen LogP contribution in [0.5, 0.6) is 0 Å². The zero-order valence-electron chi connectivity index (χ0n) is 6.30. The van der Waals surface area contributed by atoms with Crippen LogP contribution in [-0.4, -0.2) is 21.8 Å². The van der Waals surface area contributed by atoms with Crippen LogP contribution in [0.15, 0.2) is 0 Å². The molecular formula is CH6CsLiO4. The van der Waals surface area contributed by atoms with Gasteiger partial charge < -0.3 is 18.5 Å². The van der Waals surface area contributed by atoms with Crippen LogP contribution < -0.4 is 87.8 Å². The molecule has 6 heteroatoms. The second-order valence-corrected chi connectivity index (χ2v) is 0.283. The number of carboxylic acid groups (broad SMARTS) is 2. The van der Waals surface area contributed by atoms with E-state index in [1.54, 1.807) is 0 Å². The van der Waals surface area contributed by atoms with Gasteiger partial charge in [0.25, 0.3) is 0 Å². The first-order valence-electron chi connectivity index (χ1n) is 0.651. The molecule has 0 aliphatic heterocycles. The Morgan fingerprint density at radius 1 is 1.43 bits per heavy atom. The van der Waals surface area contributed by atoms with Gasteiger partial charge in [0.05, 0.1) is 0 Å². The molecule has 0 radical (unpaired) electrons. The SMILES string of the molecule is O.O=C(O)O.[Cs+].[H-].[H-].[Li+]. The van der Waals surface area contributed by atoms with E-state index in [9.17, 15) is 0 Å². The Bertz CT molecular complexity index is 41.5. The van der Waals surface area contributed by atoms with Gasteiger partial charge in [-0.25, -0.2) is 4.79 Å². The van der Waals surface area contributed by atoms with Crippen molar-refractivity contribution < 1.29 is 111 Å². The fraction of sp³-hybridized carbons (Fsp3) is 0. The van der Waals surface area contributed by atoms with Crippen molar-refractivity contribution in [1.82, 2.24) is 0 Å². The standard InChI is InChI=1S/CH2O3.Cs.Li.H2O.2H/c2-1(3)4;;;;;/h(H2,2,3,4);;;1H2;;/q;2*+1;;2*-1. The van der Waals surface area contributed by atoms with Crippen LogP contribution in [0.4, 0.5) is 4.79 Å². The third-order valence-electron chi connectivity index (χ3n) is 0. The first kappa shape index (κ1) is 23.2. The van der Waals surface area contributed by atoms with E-state index < -0.39 is 6.16 Å². The summed E-state index contributed by atoms with van der Waals surface area (Å²) in [5.41, 5.74) is 0. The van der Waals surface area contributed by atoms with E-state index in [1.165, 1.54) is 0 Å². The molecule has 0 aromatic carbocycles. The Morgan fingerprint density at radius 3 is 1.43 bits per heavy atom. The molecule has 0 bridgehead atoms. The van der Waals surface area contributed by atoms with Crippen LogP contribution in [0.3, 0.4) is 0 Å². The first-order valence-corrected chi connectivity index (χ1v) is 0.651. The molecule has 0 rings (SSSR count). The molecule has 36 valence electrons. The van der Waals surface area contributed by atoms with Crippen LogP contribution in [-0.2, 0) is 0 Å². The minimum atomic E-state index is -1.83. The monoisotopic (exact) mass is 222 g/mol. The summed E-state index contributed by atoms with van der Waals surface area (Å²) in [7, 11) is 0. The Labute approximate surface area is 115 Å². The van der Waals surface area contributed by atoms with Crippen LogP contribution >= 0.6 is 0 Å². The maximum Gasteiger partial charge on any atom is 1.00 e. The second-order valence-electron chi connectivity index (χ2n) is 0.283. The predicted molar refractivity (Wildman–Crippen MR) is 16.5 cm³/mol. The van der Waals surface area contributed by atoms with Crippen LogP contribution in [0.1, 0.15) is 2.85 Å². The Hall–Kier alpha value is 1.88. The molecule has 0 unspecified atom stereocenters. The van der Waals surface area contributed by atoms with Gasteiger partial charge in [0.15, 0.2) is 0 Å². The largest absolute Gasteiger partial charge is 1.00 e. The molecule has 0 aliphatic rings. The Kier molecular flexibility index (Phi) is 51.8. The summed E-state index contributed by atoms with van der Waals surface area (Å²) < 4.78 is 0. The molecule has 0 heterocycles. The van der Waals surface area contributed by atoms with E-state index in [2.05, 4.69) is 0 Å². The van der Waals surface area contributed by atoms with E-state index >= 15 is 0 Å². The van der Waals surface area contributed by atoms with Gasteiger partial charge in [0, 0.05) is 0 Å². The van der Waals surface area contributed by atoms with Gasteiger partial charge >= 0.3 is 93.9 Å². The molecule has 0 saturated heterocycles. The fourth-order valence-electron chi connectivity index (χ4n) is 0. The first-order chi connectivity index (χ1) is 1.73. The maximum absolute atomic E-state index is 8.56. The molecular weight excluding hydrogens is 216 g/mol. The third-order valence-corrected chi connectivity index (χ3v) is 0. The second kappa shape index (κ2) is 15.7. The molecule has 0 amide bonds. The molecule has 0 aromatic heterocycles. The van der Waals surface area contributed by atoms with Crippen molar-refractivity contribution in [3.05, 3.63) is 0 Å². The number of carbonyl (C=O) groups is 1. The molecule has 0 spiro atoms. The molecule has 0 aromatic rings. The van der Waals surface area contributed by atoms with Gasteiger partial charge in [0.1, 0.15) is 0 Å². The number of hydrogen-bond acceptors (Lipinski definition) is 1. The Morgan fingerprint density at radius 2 is 1.43 bits per heavy atom. The van der Waals surface area contributed by atoms with Gasteiger partial charge in [0.2, 0.25) is 0 Å².